The second-order valence-corrected chi connectivity index (χ2v) is 7.19. The Labute approximate surface area is 115 Å². The predicted molar refractivity (Wildman–Crippen MR) is 75.7 cm³/mol. The highest BCUT2D eigenvalue weighted by atomic mass is 32.2. The molecule has 0 aromatic heterocycles. The first-order valence-electron chi connectivity index (χ1n) is 6.28. The van der Waals surface area contributed by atoms with Gasteiger partial charge in [-0.3, -0.25) is 4.79 Å². The third kappa shape index (κ3) is 4.44. The van der Waals surface area contributed by atoms with Crippen molar-refractivity contribution in [1.29, 1.82) is 0 Å². The molecule has 0 aliphatic rings. The van der Waals surface area contributed by atoms with E-state index in [4.69, 9.17) is 0 Å². The van der Waals surface area contributed by atoms with Gasteiger partial charge in [-0.15, -0.1) is 0 Å². The van der Waals surface area contributed by atoms with Crippen LogP contribution in [0.4, 0.5) is 0 Å². The van der Waals surface area contributed by atoms with Crippen LogP contribution >= 0.6 is 0 Å². The van der Waals surface area contributed by atoms with Crippen molar-refractivity contribution < 1.29 is 13.2 Å². The maximum atomic E-state index is 12.1. The summed E-state index contributed by atoms with van der Waals surface area (Å²) < 4.78 is 26.8. The Kier molecular flexibility index (Phi) is 4.87. The zero-order chi connectivity index (χ0) is 14.7. The summed E-state index contributed by atoms with van der Waals surface area (Å²) in [7, 11) is -3.51. The molecule has 0 aliphatic heterocycles. The van der Waals surface area contributed by atoms with Gasteiger partial charge in [-0.1, -0.05) is 32.9 Å². The Balaban J connectivity index is 2.86. The molecule has 1 aromatic rings. The zero-order valence-corrected chi connectivity index (χ0v) is 12.7. The van der Waals surface area contributed by atoms with Crippen LogP contribution in [0.2, 0.25) is 0 Å². The molecule has 106 valence electrons. The van der Waals surface area contributed by atoms with Gasteiger partial charge in [0.15, 0.2) is 5.78 Å². The molecule has 0 saturated carbocycles. The Hall–Kier alpha value is -1.20. The van der Waals surface area contributed by atoms with Crippen LogP contribution in [-0.4, -0.2) is 20.7 Å². The smallest absolute Gasteiger partial charge is 0.240 e. The fourth-order valence-electron chi connectivity index (χ4n) is 1.37. The Morgan fingerprint density at radius 1 is 1.21 bits per heavy atom. The lowest BCUT2D eigenvalue weighted by Gasteiger charge is -2.22. The summed E-state index contributed by atoms with van der Waals surface area (Å²) in [6, 6.07) is 5.97. The molecule has 0 radical (unpaired) electrons. The zero-order valence-electron chi connectivity index (χ0n) is 11.9. The largest absolute Gasteiger partial charge is 0.295 e. The quantitative estimate of drug-likeness (QED) is 0.816. The van der Waals surface area contributed by atoms with Gasteiger partial charge in [-0.05, 0) is 30.9 Å². The fourth-order valence-corrected chi connectivity index (χ4v) is 2.61. The number of benzene rings is 1. The minimum absolute atomic E-state index is 0.0770. The molecular formula is C14H21NO3S. The fraction of sp³-hybridized carbons (Fsp3) is 0.500. The lowest BCUT2D eigenvalue weighted by Crippen LogP contribution is -2.33. The third-order valence-electron chi connectivity index (χ3n) is 3.27. The van der Waals surface area contributed by atoms with E-state index in [1.165, 1.54) is 31.2 Å². The van der Waals surface area contributed by atoms with Gasteiger partial charge < -0.3 is 0 Å². The first-order chi connectivity index (χ1) is 8.68. The van der Waals surface area contributed by atoms with Crippen molar-refractivity contribution in [3.8, 4) is 0 Å². The molecule has 4 nitrogen and oxygen atoms in total. The number of carbonyl (C=O) groups excluding carboxylic acids is 1. The van der Waals surface area contributed by atoms with Crippen molar-refractivity contribution in [1.82, 2.24) is 4.72 Å². The minimum atomic E-state index is -3.51. The first kappa shape index (κ1) is 15.9. The van der Waals surface area contributed by atoms with Gasteiger partial charge in [0.05, 0.1) is 4.90 Å². The van der Waals surface area contributed by atoms with Crippen molar-refractivity contribution in [3.63, 3.8) is 0 Å². The average molecular weight is 283 g/mol. The highest BCUT2D eigenvalue weighted by Crippen LogP contribution is 2.19. The van der Waals surface area contributed by atoms with E-state index < -0.39 is 10.0 Å². The van der Waals surface area contributed by atoms with Gasteiger partial charge >= 0.3 is 0 Å². The molecule has 19 heavy (non-hydrogen) atoms. The summed E-state index contributed by atoms with van der Waals surface area (Å²) >= 11 is 0. The van der Waals surface area contributed by atoms with Crippen molar-refractivity contribution in [3.05, 3.63) is 29.8 Å². The molecule has 0 aliphatic carbocycles. The molecule has 0 atom stereocenters. The van der Waals surface area contributed by atoms with Crippen molar-refractivity contribution in [2.45, 2.75) is 39.0 Å². The summed E-state index contributed by atoms with van der Waals surface area (Å²) in [6.07, 6.45) is 0.888. The van der Waals surface area contributed by atoms with E-state index in [0.717, 1.165) is 6.42 Å². The Morgan fingerprint density at radius 2 is 1.74 bits per heavy atom. The predicted octanol–water partition coefficient (Wildman–Crippen LogP) is 2.60. The molecular weight excluding hydrogens is 262 g/mol. The topological polar surface area (TPSA) is 63.2 Å². The Bertz CT molecular complexity index is 545. The normalized spacial score (nSPS) is 12.4. The average Bonchev–Trinajstić information content (AvgIpc) is 2.37. The van der Waals surface area contributed by atoms with E-state index in [9.17, 15) is 13.2 Å². The molecule has 0 heterocycles. The van der Waals surface area contributed by atoms with Crippen LogP contribution < -0.4 is 4.72 Å². The summed E-state index contributed by atoms with van der Waals surface area (Å²) in [6.45, 7) is 7.88. The van der Waals surface area contributed by atoms with Crippen molar-refractivity contribution in [2.24, 2.45) is 5.41 Å². The maximum absolute atomic E-state index is 12.1. The van der Waals surface area contributed by atoms with Gasteiger partial charge in [-0.2, -0.15) is 0 Å². The van der Waals surface area contributed by atoms with Crippen LogP contribution in [0.5, 0.6) is 0 Å². The molecule has 1 rings (SSSR count). The third-order valence-corrected chi connectivity index (χ3v) is 4.69. The van der Waals surface area contributed by atoms with Crippen LogP contribution in [0.3, 0.4) is 0 Å². The van der Waals surface area contributed by atoms with E-state index in [0.29, 0.717) is 12.1 Å². The molecule has 0 unspecified atom stereocenters. The number of nitrogens with one attached hydrogen (secondary N) is 1. The van der Waals surface area contributed by atoms with Crippen LogP contribution in [0.1, 0.15) is 44.5 Å². The highest BCUT2D eigenvalue weighted by Gasteiger charge is 2.20. The number of carbonyl (C=O) groups is 1. The van der Waals surface area contributed by atoms with Gasteiger partial charge in [0.1, 0.15) is 0 Å². The van der Waals surface area contributed by atoms with E-state index in [1.54, 1.807) is 0 Å². The van der Waals surface area contributed by atoms with Crippen molar-refractivity contribution in [2.75, 3.05) is 6.54 Å². The summed E-state index contributed by atoms with van der Waals surface area (Å²) in [5.74, 6) is -0.0796. The maximum Gasteiger partial charge on any atom is 0.240 e. The number of sulfonamides is 1. The molecule has 0 fully saturated rings. The monoisotopic (exact) mass is 283 g/mol. The molecule has 5 heteroatoms. The number of ketones is 1. The number of rotatable bonds is 6. The molecule has 1 N–H and O–H groups in total. The molecule has 0 saturated heterocycles. The number of Topliss-reactive ketones (excluding diaryl/α,β-unsaturated/α-hetero) is 1. The van der Waals surface area contributed by atoms with Crippen LogP contribution in [0.15, 0.2) is 29.2 Å². The molecule has 0 spiro atoms. The van der Waals surface area contributed by atoms with Crippen LogP contribution in [0.25, 0.3) is 0 Å². The molecule has 0 amide bonds. The van der Waals surface area contributed by atoms with Gasteiger partial charge in [0.25, 0.3) is 0 Å². The SMILES string of the molecule is CCC(C)(C)CNS(=O)(=O)c1ccc(C(C)=O)cc1. The van der Waals surface area contributed by atoms with E-state index in [1.807, 2.05) is 20.8 Å². The minimum Gasteiger partial charge on any atom is -0.295 e. The summed E-state index contributed by atoms with van der Waals surface area (Å²) in [5, 5.41) is 0. The van der Waals surface area contributed by atoms with Crippen LogP contribution in [-0.2, 0) is 10.0 Å². The molecule has 1 aromatic carbocycles. The van der Waals surface area contributed by atoms with E-state index in [-0.39, 0.29) is 16.1 Å². The second-order valence-electron chi connectivity index (χ2n) is 5.42. The van der Waals surface area contributed by atoms with E-state index in [2.05, 4.69) is 4.72 Å². The van der Waals surface area contributed by atoms with Crippen LogP contribution in [0, 0.1) is 5.41 Å². The van der Waals surface area contributed by atoms with Crippen molar-refractivity contribution >= 4 is 15.8 Å². The van der Waals surface area contributed by atoms with Gasteiger partial charge in [0, 0.05) is 12.1 Å². The number of hydrogen-bond acceptors (Lipinski definition) is 3. The van der Waals surface area contributed by atoms with E-state index >= 15 is 0 Å². The number of hydrogen-bond donors (Lipinski definition) is 1. The molecule has 0 bridgehead atoms. The second kappa shape index (κ2) is 5.84. The standard InChI is InChI=1S/C14H21NO3S/c1-5-14(3,4)10-15-19(17,18)13-8-6-12(7-9-13)11(2)16/h6-9,15H,5,10H2,1-4H3. The summed E-state index contributed by atoms with van der Waals surface area (Å²) in [4.78, 5) is 11.3. The highest BCUT2D eigenvalue weighted by molar-refractivity contribution is 7.89. The van der Waals surface area contributed by atoms with Gasteiger partial charge in [-0.25, -0.2) is 13.1 Å². The van der Waals surface area contributed by atoms with Gasteiger partial charge in [0.2, 0.25) is 10.0 Å². The first-order valence-corrected chi connectivity index (χ1v) is 7.77. The lowest BCUT2D eigenvalue weighted by molar-refractivity contribution is 0.101. The summed E-state index contributed by atoms with van der Waals surface area (Å²) in [5.41, 5.74) is 0.430. The Morgan fingerprint density at radius 3 is 2.16 bits per heavy atom. The lowest BCUT2D eigenvalue weighted by atomic mass is 9.91.